The minimum absolute atomic E-state index is 0.127. The first kappa shape index (κ1) is 12.7. The molecule has 0 bridgehead atoms. The summed E-state index contributed by atoms with van der Waals surface area (Å²) in [6, 6.07) is 0.178. The van der Waals surface area contributed by atoms with Crippen LogP contribution in [0, 0.1) is 11.8 Å². The zero-order valence-electron chi connectivity index (χ0n) is 10.9. The molecule has 2 saturated carbocycles. The van der Waals surface area contributed by atoms with Crippen LogP contribution in [-0.2, 0) is 9.53 Å². The third-order valence-corrected chi connectivity index (χ3v) is 4.18. The monoisotopic (exact) mass is 268 g/mol. The number of aliphatic carboxylic acids is 1. The van der Waals surface area contributed by atoms with E-state index in [9.17, 15) is 9.59 Å². The summed E-state index contributed by atoms with van der Waals surface area (Å²) in [5.41, 5.74) is 0. The molecule has 3 fully saturated rings. The Morgan fingerprint density at radius 3 is 2.37 bits per heavy atom. The van der Waals surface area contributed by atoms with Gasteiger partial charge in [0.05, 0.1) is 13.2 Å². The molecule has 0 aromatic heterocycles. The van der Waals surface area contributed by atoms with Gasteiger partial charge in [0.15, 0.2) is 6.10 Å². The Morgan fingerprint density at radius 2 is 1.84 bits per heavy atom. The van der Waals surface area contributed by atoms with E-state index < -0.39 is 12.1 Å². The normalized spacial score (nSPS) is 27.4. The molecule has 2 amide bonds. The largest absolute Gasteiger partial charge is 0.479 e. The Hall–Kier alpha value is -1.30. The topological polar surface area (TPSA) is 78.9 Å². The van der Waals surface area contributed by atoms with Gasteiger partial charge in [-0.05, 0) is 37.5 Å². The van der Waals surface area contributed by atoms with Gasteiger partial charge in [-0.1, -0.05) is 0 Å². The summed E-state index contributed by atoms with van der Waals surface area (Å²) in [4.78, 5) is 24.7. The van der Waals surface area contributed by atoms with E-state index in [-0.39, 0.29) is 12.6 Å². The molecule has 2 N–H and O–H groups in total. The third kappa shape index (κ3) is 3.00. The Morgan fingerprint density at radius 1 is 1.21 bits per heavy atom. The molecule has 0 aromatic carbocycles. The average molecular weight is 268 g/mol. The van der Waals surface area contributed by atoms with E-state index in [0.29, 0.717) is 31.0 Å². The molecule has 106 valence electrons. The summed E-state index contributed by atoms with van der Waals surface area (Å²) in [5, 5.41) is 12.0. The number of amides is 2. The van der Waals surface area contributed by atoms with E-state index in [1.165, 1.54) is 25.7 Å². The molecule has 0 radical (unpaired) electrons. The van der Waals surface area contributed by atoms with Gasteiger partial charge in [-0.2, -0.15) is 0 Å². The number of nitrogens with zero attached hydrogens (tertiary/aromatic N) is 1. The van der Waals surface area contributed by atoms with Crippen LogP contribution in [0.15, 0.2) is 0 Å². The van der Waals surface area contributed by atoms with Crippen molar-refractivity contribution >= 4 is 12.0 Å². The van der Waals surface area contributed by atoms with Crippen LogP contribution in [0.2, 0.25) is 0 Å². The SMILES string of the molecule is O=C(O)C1CN(C(=O)NC(C2CC2)C2CC2)CCO1. The zero-order chi connectivity index (χ0) is 13.4. The second-order valence-corrected chi connectivity index (χ2v) is 5.79. The molecule has 2 aliphatic carbocycles. The van der Waals surface area contributed by atoms with Crippen molar-refractivity contribution < 1.29 is 19.4 Å². The fourth-order valence-corrected chi connectivity index (χ4v) is 2.75. The summed E-state index contributed by atoms with van der Waals surface area (Å²) < 4.78 is 5.12. The highest BCUT2D eigenvalue weighted by Gasteiger charge is 2.43. The molecule has 3 aliphatic rings. The second-order valence-electron chi connectivity index (χ2n) is 5.79. The van der Waals surface area contributed by atoms with Gasteiger partial charge in [0, 0.05) is 12.6 Å². The Labute approximate surface area is 112 Å². The molecule has 1 saturated heterocycles. The van der Waals surface area contributed by atoms with E-state index in [1.54, 1.807) is 4.90 Å². The number of urea groups is 1. The summed E-state index contributed by atoms with van der Waals surface area (Å²) in [6.07, 6.45) is 3.95. The van der Waals surface area contributed by atoms with Crippen molar-refractivity contribution in [1.29, 1.82) is 0 Å². The number of morpholine rings is 1. The molecule has 6 nitrogen and oxygen atoms in total. The molecular weight excluding hydrogens is 248 g/mol. The van der Waals surface area contributed by atoms with Crippen LogP contribution in [-0.4, -0.2) is 53.8 Å². The first-order chi connectivity index (χ1) is 9.15. The van der Waals surface area contributed by atoms with Crippen LogP contribution < -0.4 is 5.32 Å². The summed E-state index contributed by atoms with van der Waals surface area (Å²) >= 11 is 0. The summed E-state index contributed by atoms with van der Waals surface area (Å²) in [7, 11) is 0. The average Bonchev–Trinajstić information content (AvgIpc) is 3.29. The molecule has 1 aliphatic heterocycles. The summed E-state index contributed by atoms with van der Waals surface area (Å²) in [5.74, 6) is 0.291. The maximum atomic E-state index is 12.2. The Balaban J connectivity index is 1.55. The number of carboxylic acid groups (broad SMARTS) is 1. The number of carboxylic acids is 1. The van der Waals surface area contributed by atoms with Gasteiger partial charge in [0.25, 0.3) is 0 Å². The van der Waals surface area contributed by atoms with Gasteiger partial charge in [-0.15, -0.1) is 0 Å². The van der Waals surface area contributed by atoms with Gasteiger partial charge >= 0.3 is 12.0 Å². The molecule has 1 unspecified atom stereocenters. The van der Waals surface area contributed by atoms with Gasteiger partial charge in [0.1, 0.15) is 0 Å². The molecule has 3 rings (SSSR count). The van der Waals surface area contributed by atoms with E-state index in [1.807, 2.05) is 0 Å². The smallest absolute Gasteiger partial charge is 0.334 e. The van der Waals surface area contributed by atoms with Gasteiger partial charge in [-0.3, -0.25) is 0 Å². The van der Waals surface area contributed by atoms with Crippen molar-refractivity contribution in [3.05, 3.63) is 0 Å². The van der Waals surface area contributed by atoms with Gasteiger partial charge in [0.2, 0.25) is 0 Å². The minimum atomic E-state index is -1.00. The lowest BCUT2D eigenvalue weighted by Crippen LogP contribution is -2.54. The van der Waals surface area contributed by atoms with Gasteiger partial charge in [-0.25, -0.2) is 9.59 Å². The third-order valence-electron chi connectivity index (χ3n) is 4.18. The number of hydrogen-bond donors (Lipinski definition) is 2. The molecule has 1 heterocycles. The van der Waals surface area contributed by atoms with Crippen molar-refractivity contribution in [2.45, 2.75) is 37.8 Å². The first-order valence-electron chi connectivity index (χ1n) is 7.05. The first-order valence-corrected chi connectivity index (χ1v) is 7.05. The van der Waals surface area contributed by atoms with E-state index in [2.05, 4.69) is 5.32 Å². The lowest BCUT2D eigenvalue weighted by atomic mass is 10.1. The predicted molar refractivity (Wildman–Crippen MR) is 66.7 cm³/mol. The quantitative estimate of drug-likeness (QED) is 0.785. The predicted octanol–water partition coefficient (Wildman–Crippen LogP) is 0.670. The van der Waals surface area contributed by atoms with E-state index >= 15 is 0 Å². The van der Waals surface area contributed by atoms with Crippen molar-refractivity contribution in [2.24, 2.45) is 11.8 Å². The molecule has 1 atom stereocenters. The van der Waals surface area contributed by atoms with Crippen molar-refractivity contribution in [3.63, 3.8) is 0 Å². The highest BCUT2D eigenvalue weighted by atomic mass is 16.5. The molecular formula is C13H20N2O4. The molecule has 0 spiro atoms. The van der Waals surface area contributed by atoms with Crippen LogP contribution in [0.4, 0.5) is 4.79 Å². The Kier molecular flexibility index (Phi) is 3.35. The molecule has 6 heteroatoms. The van der Waals surface area contributed by atoms with Crippen LogP contribution in [0.1, 0.15) is 25.7 Å². The number of hydrogen-bond acceptors (Lipinski definition) is 3. The number of carbonyl (C=O) groups excluding carboxylic acids is 1. The maximum Gasteiger partial charge on any atom is 0.334 e. The number of ether oxygens (including phenoxy) is 1. The lowest BCUT2D eigenvalue weighted by molar-refractivity contribution is -0.154. The Bertz CT molecular complexity index is 367. The lowest BCUT2D eigenvalue weighted by Gasteiger charge is -2.32. The van der Waals surface area contributed by atoms with E-state index in [4.69, 9.17) is 9.84 Å². The highest BCUT2D eigenvalue weighted by Crippen LogP contribution is 2.44. The van der Waals surface area contributed by atoms with Crippen LogP contribution >= 0.6 is 0 Å². The van der Waals surface area contributed by atoms with Crippen LogP contribution in [0.5, 0.6) is 0 Å². The zero-order valence-corrected chi connectivity index (χ0v) is 10.9. The summed E-state index contributed by atoms with van der Waals surface area (Å²) in [6.45, 7) is 0.906. The van der Waals surface area contributed by atoms with Crippen molar-refractivity contribution in [1.82, 2.24) is 10.2 Å². The molecule has 0 aromatic rings. The number of nitrogens with one attached hydrogen (secondary N) is 1. The maximum absolute atomic E-state index is 12.2. The van der Waals surface area contributed by atoms with Crippen molar-refractivity contribution in [3.8, 4) is 0 Å². The minimum Gasteiger partial charge on any atom is -0.479 e. The van der Waals surface area contributed by atoms with Gasteiger partial charge < -0.3 is 20.1 Å². The second kappa shape index (κ2) is 5.00. The molecule has 19 heavy (non-hydrogen) atoms. The number of carbonyl (C=O) groups is 2. The standard InChI is InChI=1S/C13H20N2O4/c16-12(17)10-7-15(5-6-19-10)13(18)14-11(8-1-2-8)9-3-4-9/h8-11H,1-7H2,(H,14,18)(H,16,17). The van der Waals surface area contributed by atoms with Crippen LogP contribution in [0.25, 0.3) is 0 Å². The van der Waals surface area contributed by atoms with Crippen molar-refractivity contribution in [2.75, 3.05) is 19.7 Å². The fraction of sp³-hybridized carbons (Fsp3) is 0.846. The highest BCUT2D eigenvalue weighted by molar-refractivity contribution is 5.77. The number of rotatable bonds is 4. The van der Waals surface area contributed by atoms with E-state index in [0.717, 1.165) is 0 Å². The fourth-order valence-electron chi connectivity index (χ4n) is 2.75. The van der Waals surface area contributed by atoms with Crippen LogP contribution in [0.3, 0.4) is 0 Å².